The van der Waals surface area contributed by atoms with Gasteiger partial charge in [0.05, 0.1) is 7.11 Å². The average molecular weight is 332 g/mol. The van der Waals surface area contributed by atoms with Gasteiger partial charge in [0.15, 0.2) is 0 Å². The molecule has 0 aromatic heterocycles. The zero-order valence-corrected chi connectivity index (χ0v) is 13.7. The van der Waals surface area contributed by atoms with Crippen LogP contribution in [0.25, 0.3) is 0 Å². The minimum absolute atomic E-state index is 0.0166. The molecule has 1 N–H and O–H groups in total. The van der Waals surface area contributed by atoms with Crippen LogP contribution in [-0.2, 0) is 4.79 Å². The van der Waals surface area contributed by atoms with Crippen LogP contribution in [0.1, 0.15) is 23.7 Å². The molecule has 1 heterocycles. The number of carbonyl (C=O) groups excluding carboxylic acids is 2. The zero-order valence-electron chi connectivity index (χ0n) is 13.7. The second-order valence-electron chi connectivity index (χ2n) is 5.69. The van der Waals surface area contributed by atoms with E-state index in [0.717, 1.165) is 9.80 Å². The summed E-state index contributed by atoms with van der Waals surface area (Å²) in [5.41, 5.74) is -0.998. The summed E-state index contributed by atoms with van der Waals surface area (Å²) in [6.07, 6.45) is 0.420. The molecule has 2 rings (SSSR count). The van der Waals surface area contributed by atoms with Crippen molar-refractivity contribution in [1.82, 2.24) is 9.80 Å². The van der Waals surface area contributed by atoms with E-state index in [0.29, 0.717) is 11.3 Å². The number of carboxylic acid groups (broad SMARTS) is 1. The average Bonchev–Trinajstić information content (AvgIpc) is 2.56. The first-order valence-electron chi connectivity index (χ1n) is 7.47. The minimum Gasteiger partial charge on any atom is -0.497 e. The fourth-order valence-electron chi connectivity index (χ4n) is 2.82. The molecule has 0 spiro atoms. The van der Waals surface area contributed by atoms with Crippen molar-refractivity contribution in [3.63, 3.8) is 0 Å². The van der Waals surface area contributed by atoms with Crippen LogP contribution < -0.4 is 4.74 Å². The zero-order chi connectivity index (χ0) is 17.9. The van der Waals surface area contributed by atoms with Crippen LogP contribution in [-0.4, -0.2) is 58.6 Å². The number of rotatable bonds is 4. The van der Waals surface area contributed by atoms with Crippen molar-refractivity contribution in [3.8, 4) is 5.75 Å². The van der Waals surface area contributed by atoms with Crippen molar-refractivity contribution in [2.45, 2.75) is 18.9 Å². The minimum atomic E-state index is -1.34. The third-order valence-electron chi connectivity index (χ3n) is 4.20. The summed E-state index contributed by atoms with van der Waals surface area (Å²) in [5.74, 6) is -0.398. The second-order valence-corrected chi connectivity index (χ2v) is 5.69. The fourth-order valence-corrected chi connectivity index (χ4v) is 2.82. The Hall–Kier alpha value is -2.83. The van der Waals surface area contributed by atoms with Gasteiger partial charge in [0.25, 0.3) is 11.8 Å². The van der Waals surface area contributed by atoms with E-state index in [2.05, 4.69) is 6.58 Å². The van der Waals surface area contributed by atoms with Crippen LogP contribution in [0.15, 0.2) is 36.9 Å². The molecule has 1 aliphatic heterocycles. The number of imide groups is 1. The topological polar surface area (TPSA) is 87.2 Å². The first kappa shape index (κ1) is 17.5. The molecule has 1 aliphatic rings. The monoisotopic (exact) mass is 332 g/mol. The third-order valence-corrected chi connectivity index (χ3v) is 4.20. The molecule has 1 aromatic carbocycles. The lowest BCUT2D eigenvalue weighted by atomic mass is 9.91. The van der Waals surface area contributed by atoms with Crippen LogP contribution in [0.4, 0.5) is 4.79 Å². The van der Waals surface area contributed by atoms with Gasteiger partial charge in [-0.25, -0.2) is 4.79 Å². The van der Waals surface area contributed by atoms with E-state index in [-0.39, 0.29) is 19.5 Å². The molecule has 7 nitrogen and oxygen atoms in total. The number of benzene rings is 1. The lowest BCUT2D eigenvalue weighted by Gasteiger charge is -2.45. The van der Waals surface area contributed by atoms with Gasteiger partial charge in [-0.1, -0.05) is 6.08 Å². The van der Waals surface area contributed by atoms with E-state index < -0.39 is 23.4 Å². The molecule has 7 heteroatoms. The van der Waals surface area contributed by atoms with Gasteiger partial charge in [-0.3, -0.25) is 19.4 Å². The van der Waals surface area contributed by atoms with Gasteiger partial charge in [-0.15, -0.1) is 6.58 Å². The van der Waals surface area contributed by atoms with Crippen molar-refractivity contribution in [2.24, 2.45) is 0 Å². The summed E-state index contributed by atoms with van der Waals surface area (Å²) in [6.45, 7) is 5.18. The van der Waals surface area contributed by atoms with Crippen molar-refractivity contribution >= 4 is 17.9 Å². The quantitative estimate of drug-likeness (QED) is 0.673. The van der Waals surface area contributed by atoms with Crippen LogP contribution in [0.3, 0.4) is 0 Å². The van der Waals surface area contributed by atoms with Gasteiger partial charge in [-0.2, -0.15) is 0 Å². The Kier molecular flexibility index (Phi) is 4.92. The maximum Gasteiger partial charge on any atom is 0.408 e. The lowest BCUT2D eigenvalue weighted by molar-refractivity contribution is -0.144. The van der Waals surface area contributed by atoms with E-state index in [1.54, 1.807) is 24.3 Å². The second kappa shape index (κ2) is 6.74. The van der Waals surface area contributed by atoms with Crippen LogP contribution in [0.2, 0.25) is 0 Å². The molecule has 1 aromatic rings. The van der Waals surface area contributed by atoms with Gasteiger partial charge in [-0.05, 0) is 37.6 Å². The summed E-state index contributed by atoms with van der Waals surface area (Å²) in [4.78, 5) is 39.1. The van der Waals surface area contributed by atoms with Crippen molar-refractivity contribution in [1.29, 1.82) is 0 Å². The normalized spacial score (nSPS) is 20.7. The number of nitrogens with zero attached hydrogens (tertiary/aromatic N) is 2. The highest BCUT2D eigenvalue weighted by Gasteiger charge is 2.48. The number of amides is 3. The Labute approximate surface area is 140 Å². The molecule has 0 saturated carbocycles. The van der Waals surface area contributed by atoms with Crippen LogP contribution in [0.5, 0.6) is 5.75 Å². The molecule has 1 atom stereocenters. The highest BCUT2D eigenvalue weighted by Crippen LogP contribution is 2.28. The summed E-state index contributed by atoms with van der Waals surface area (Å²) in [6, 6.07) is 6.41. The maximum absolute atomic E-state index is 12.8. The van der Waals surface area contributed by atoms with E-state index >= 15 is 0 Å². The lowest BCUT2D eigenvalue weighted by Crippen LogP contribution is -2.66. The number of piperazine rings is 1. The van der Waals surface area contributed by atoms with Crippen molar-refractivity contribution in [2.75, 3.05) is 20.2 Å². The highest BCUT2D eigenvalue weighted by atomic mass is 16.5. The number of hydrogen-bond donors (Lipinski definition) is 1. The molecule has 1 saturated heterocycles. The predicted octanol–water partition coefficient (Wildman–Crippen LogP) is 1.99. The van der Waals surface area contributed by atoms with E-state index in [1.165, 1.54) is 20.1 Å². The first-order chi connectivity index (χ1) is 11.3. The molecule has 0 radical (unpaired) electrons. The molecule has 1 fully saturated rings. The van der Waals surface area contributed by atoms with Crippen LogP contribution >= 0.6 is 0 Å². The number of ether oxygens (including phenoxy) is 1. The van der Waals surface area contributed by atoms with E-state index in [4.69, 9.17) is 4.74 Å². The highest BCUT2D eigenvalue weighted by molar-refractivity contribution is 6.08. The van der Waals surface area contributed by atoms with Gasteiger partial charge < -0.3 is 9.84 Å². The molecule has 0 bridgehead atoms. The smallest absolute Gasteiger partial charge is 0.408 e. The molecular formula is C17H20N2O5. The Morgan fingerprint density at radius 3 is 2.46 bits per heavy atom. The summed E-state index contributed by atoms with van der Waals surface area (Å²) in [5, 5.41) is 9.34. The fraction of sp³-hybridized carbons (Fsp3) is 0.353. The van der Waals surface area contributed by atoms with E-state index in [1.807, 2.05) is 0 Å². The molecule has 128 valence electrons. The summed E-state index contributed by atoms with van der Waals surface area (Å²) in [7, 11) is 1.52. The molecule has 0 aliphatic carbocycles. The van der Waals surface area contributed by atoms with Crippen LogP contribution in [0, 0.1) is 0 Å². The van der Waals surface area contributed by atoms with Gasteiger partial charge >= 0.3 is 6.09 Å². The molecular weight excluding hydrogens is 312 g/mol. The largest absolute Gasteiger partial charge is 0.497 e. The van der Waals surface area contributed by atoms with Gasteiger partial charge in [0, 0.05) is 18.7 Å². The van der Waals surface area contributed by atoms with Gasteiger partial charge in [0.1, 0.15) is 11.3 Å². The Balaban J connectivity index is 2.30. The number of hydrogen-bond acceptors (Lipinski definition) is 4. The molecule has 24 heavy (non-hydrogen) atoms. The van der Waals surface area contributed by atoms with Gasteiger partial charge in [0.2, 0.25) is 0 Å². The summed E-state index contributed by atoms with van der Waals surface area (Å²) >= 11 is 0. The van der Waals surface area contributed by atoms with E-state index in [9.17, 15) is 19.5 Å². The molecule has 1 unspecified atom stereocenters. The van der Waals surface area contributed by atoms with Crippen molar-refractivity contribution < 1.29 is 24.2 Å². The maximum atomic E-state index is 12.8. The Morgan fingerprint density at radius 1 is 1.33 bits per heavy atom. The molecule has 3 amide bonds. The standard InChI is InChI=1S/C17H20N2O5/c1-4-9-17(2)15(21)18(10-11-19(17)16(22)23)14(20)12-5-7-13(24-3)8-6-12/h4-8H,1,9-11H2,2-3H3,(H,22,23). The SMILES string of the molecule is C=CCC1(C)C(=O)N(C(=O)c2ccc(OC)cc2)CCN1C(=O)O. The predicted molar refractivity (Wildman–Crippen MR) is 87.0 cm³/mol. The van der Waals surface area contributed by atoms with Crippen molar-refractivity contribution in [3.05, 3.63) is 42.5 Å². The first-order valence-corrected chi connectivity index (χ1v) is 7.47. The summed E-state index contributed by atoms with van der Waals surface area (Å²) < 4.78 is 5.05. The Bertz CT molecular complexity index is 670. The third kappa shape index (κ3) is 2.97. The number of methoxy groups -OCH3 is 1. The number of carbonyl (C=O) groups is 3. The Morgan fingerprint density at radius 2 is 1.96 bits per heavy atom.